The van der Waals surface area contributed by atoms with Crippen LogP contribution in [0.2, 0.25) is 0 Å². The Labute approximate surface area is 65.3 Å². The van der Waals surface area contributed by atoms with Crippen LogP contribution in [0.1, 0.15) is 16.8 Å². The van der Waals surface area contributed by atoms with Crippen molar-refractivity contribution in [2.24, 2.45) is 4.99 Å². The molecule has 0 fully saturated rings. The maximum atomic E-state index is 4.16. The first-order valence-electron chi connectivity index (χ1n) is 3.48. The molecule has 0 amide bonds. The van der Waals surface area contributed by atoms with Crippen molar-refractivity contribution in [2.75, 3.05) is 0 Å². The third kappa shape index (κ3) is 0.792. The summed E-state index contributed by atoms with van der Waals surface area (Å²) in [4.78, 5) is 8.24. The van der Waals surface area contributed by atoms with Crippen molar-refractivity contribution in [3.63, 3.8) is 0 Å². The predicted octanol–water partition coefficient (Wildman–Crippen LogP) is 1.79. The molecule has 0 N–H and O–H groups in total. The summed E-state index contributed by atoms with van der Waals surface area (Å²) in [7, 11) is 0. The highest BCUT2D eigenvalue weighted by Gasteiger charge is 2.12. The minimum atomic E-state index is 0.825. The molecule has 11 heavy (non-hydrogen) atoms. The van der Waals surface area contributed by atoms with Crippen LogP contribution in [0.3, 0.4) is 0 Å². The van der Waals surface area contributed by atoms with E-state index < -0.39 is 0 Å². The van der Waals surface area contributed by atoms with Gasteiger partial charge in [-0.05, 0) is 18.6 Å². The molecule has 0 aromatic carbocycles. The normalized spacial score (nSPS) is 13.7. The maximum absolute atomic E-state index is 4.16. The van der Waals surface area contributed by atoms with Crippen LogP contribution in [-0.4, -0.2) is 11.2 Å². The van der Waals surface area contributed by atoms with Gasteiger partial charge < -0.3 is 0 Å². The molecule has 2 nitrogen and oxygen atoms in total. The number of aromatic nitrogens is 1. The molecule has 0 saturated heterocycles. The van der Waals surface area contributed by atoms with E-state index in [4.69, 9.17) is 0 Å². The van der Waals surface area contributed by atoms with Gasteiger partial charge in [-0.3, -0.25) is 9.98 Å². The second-order valence-electron chi connectivity index (χ2n) is 2.59. The summed E-state index contributed by atoms with van der Waals surface area (Å²) in [5, 5.41) is 0. The van der Waals surface area contributed by atoms with Crippen molar-refractivity contribution >= 4 is 11.9 Å². The third-order valence-corrected chi connectivity index (χ3v) is 1.82. The molecule has 0 atom stereocenters. The van der Waals surface area contributed by atoms with E-state index in [1.807, 2.05) is 13.0 Å². The summed E-state index contributed by atoms with van der Waals surface area (Å²) >= 11 is 0. The van der Waals surface area contributed by atoms with Gasteiger partial charge >= 0.3 is 0 Å². The number of fused-ring (bicyclic) bond motifs is 1. The molecular weight excluding hydrogens is 136 g/mol. The molecule has 1 aliphatic rings. The quantitative estimate of drug-likeness (QED) is 0.545. The van der Waals surface area contributed by atoms with E-state index in [0.29, 0.717) is 0 Å². The molecule has 2 heterocycles. The number of nitrogens with zero attached hydrogens (tertiary/aromatic N) is 2. The van der Waals surface area contributed by atoms with Crippen LogP contribution < -0.4 is 0 Å². The Kier molecular flexibility index (Phi) is 1.15. The van der Waals surface area contributed by atoms with Crippen molar-refractivity contribution in [3.8, 4) is 0 Å². The summed E-state index contributed by atoms with van der Waals surface area (Å²) in [5.41, 5.74) is 4.05. The van der Waals surface area contributed by atoms with Gasteiger partial charge in [-0.2, -0.15) is 0 Å². The molecule has 1 aromatic rings. The van der Waals surface area contributed by atoms with Gasteiger partial charge in [-0.25, -0.2) is 0 Å². The van der Waals surface area contributed by atoms with E-state index in [0.717, 1.165) is 17.0 Å². The van der Waals surface area contributed by atoms with Crippen LogP contribution >= 0.6 is 0 Å². The lowest BCUT2D eigenvalue weighted by molar-refractivity contribution is 1.25. The Morgan fingerprint density at radius 1 is 1.45 bits per heavy atom. The Hall–Kier alpha value is -1.44. The number of pyridine rings is 1. The van der Waals surface area contributed by atoms with E-state index in [2.05, 4.69) is 16.6 Å². The van der Waals surface area contributed by atoms with Gasteiger partial charge in [-0.1, -0.05) is 6.58 Å². The molecule has 2 heteroatoms. The van der Waals surface area contributed by atoms with Gasteiger partial charge in [0.05, 0.1) is 17.6 Å². The lowest BCUT2D eigenvalue weighted by Gasteiger charge is -2.00. The van der Waals surface area contributed by atoms with Gasteiger partial charge in [0.2, 0.25) is 0 Å². The van der Waals surface area contributed by atoms with E-state index in [-0.39, 0.29) is 0 Å². The molecule has 1 aliphatic heterocycles. The third-order valence-electron chi connectivity index (χ3n) is 1.82. The smallest absolute Gasteiger partial charge is 0.0908 e. The number of aryl methyl sites for hydroxylation is 1. The van der Waals surface area contributed by atoms with Crippen molar-refractivity contribution in [1.82, 2.24) is 4.98 Å². The zero-order chi connectivity index (χ0) is 7.84. The monoisotopic (exact) mass is 144 g/mol. The average Bonchev–Trinajstić information content (AvgIpc) is 2.34. The van der Waals surface area contributed by atoms with Crippen LogP contribution in [0.4, 0.5) is 0 Å². The van der Waals surface area contributed by atoms with Crippen LogP contribution in [0.5, 0.6) is 0 Å². The van der Waals surface area contributed by atoms with Gasteiger partial charge in [0.25, 0.3) is 0 Å². The van der Waals surface area contributed by atoms with Crippen LogP contribution in [0.25, 0.3) is 5.70 Å². The van der Waals surface area contributed by atoms with Gasteiger partial charge in [0.1, 0.15) is 0 Å². The lowest BCUT2D eigenvalue weighted by atomic mass is 10.1. The lowest BCUT2D eigenvalue weighted by Crippen LogP contribution is -1.90. The highest BCUT2D eigenvalue weighted by molar-refractivity contribution is 5.95. The number of hydrogen-bond acceptors (Lipinski definition) is 2. The summed E-state index contributed by atoms with van der Waals surface area (Å²) < 4.78 is 0. The highest BCUT2D eigenvalue weighted by Crippen LogP contribution is 2.24. The van der Waals surface area contributed by atoms with E-state index in [9.17, 15) is 0 Å². The molecule has 0 bridgehead atoms. The molecule has 0 aliphatic carbocycles. The number of hydrogen-bond donors (Lipinski definition) is 0. The van der Waals surface area contributed by atoms with Crippen LogP contribution in [0, 0.1) is 6.92 Å². The van der Waals surface area contributed by atoms with E-state index >= 15 is 0 Å². The molecular formula is C9H8N2. The highest BCUT2D eigenvalue weighted by atomic mass is 14.8. The Balaban J connectivity index is 2.74. The van der Waals surface area contributed by atoms with Crippen molar-refractivity contribution in [1.29, 1.82) is 0 Å². The summed E-state index contributed by atoms with van der Waals surface area (Å²) in [6, 6.07) is 1.97. The van der Waals surface area contributed by atoms with Gasteiger partial charge in [-0.15, -0.1) is 0 Å². The summed E-state index contributed by atoms with van der Waals surface area (Å²) in [5.74, 6) is 0. The molecule has 1 aromatic heterocycles. The molecule has 2 rings (SSSR count). The van der Waals surface area contributed by atoms with Gasteiger partial charge in [0.15, 0.2) is 0 Å². The fourth-order valence-corrected chi connectivity index (χ4v) is 1.26. The van der Waals surface area contributed by atoms with E-state index in [1.165, 1.54) is 5.56 Å². The average molecular weight is 144 g/mol. The second kappa shape index (κ2) is 2.02. The number of aliphatic imine (C=N–C) groups is 1. The van der Waals surface area contributed by atoms with Gasteiger partial charge in [0, 0.05) is 11.8 Å². The van der Waals surface area contributed by atoms with Crippen molar-refractivity contribution < 1.29 is 0 Å². The van der Waals surface area contributed by atoms with Crippen molar-refractivity contribution in [3.05, 3.63) is 35.7 Å². The standard InChI is InChI=1S/C9H8N2/c1-6-3-4-10-8-5-11-7(2)9(6)8/h3-5H,2H2,1H3. The SMILES string of the molecule is C=C1N=Cc2nccc(C)c21. The minimum Gasteiger partial charge on any atom is -0.255 e. The minimum absolute atomic E-state index is 0.825. The first-order valence-corrected chi connectivity index (χ1v) is 3.48. The fourth-order valence-electron chi connectivity index (χ4n) is 1.26. The first kappa shape index (κ1) is 6.28. The predicted molar refractivity (Wildman–Crippen MR) is 45.6 cm³/mol. The zero-order valence-electron chi connectivity index (χ0n) is 6.33. The topological polar surface area (TPSA) is 25.2 Å². The van der Waals surface area contributed by atoms with E-state index in [1.54, 1.807) is 12.4 Å². The molecule has 54 valence electrons. The largest absolute Gasteiger partial charge is 0.255 e. The van der Waals surface area contributed by atoms with Crippen molar-refractivity contribution in [2.45, 2.75) is 6.92 Å². The zero-order valence-corrected chi connectivity index (χ0v) is 6.33. The maximum Gasteiger partial charge on any atom is 0.0908 e. The molecule has 0 saturated carbocycles. The Bertz CT molecular complexity index is 351. The molecule has 0 unspecified atom stereocenters. The fraction of sp³-hybridized carbons (Fsp3) is 0.111. The molecule has 0 spiro atoms. The van der Waals surface area contributed by atoms with Crippen LogP contribution in [-0.2, 0) is 0 Å². The summed E-state index contributed by atoms with van der Waals surface area (Å²) in [6.45, 7) is 5.86. The Morgan fingerprint density at radius 2 is 2.27 bits per heavy atom. The first-order chi connectivity index (χ1) is 5.29. The Morgan fingerprint density at radius 3 is 3.00 bits per heavy atom. The molecule has 0 radical (unpaired) electrons. The van der Waals surface area contributed by atoms with Crippen LogP contribution in [0.15, 0.2) is 23.8 Å². The second-order valence-corrected chi connectivity index (χ2v) is 2.59. The summed E-state index contributed by atoms with van der Waals surface area (Å²) in [6.07, 6.45) is 3.55. The number of rotatable bonds is 0.